The number of nitrogens with one attached hydrogen (secondary N) is 5. The summed E-state index contributed by atoms with van der Waals surface area (Å²) in [6, 6.07) is 10.3. The van der Waals surface area contributed by atoms with Crippen LogP contribution in [0.2, 0.25) is 0 Å². The van der Waals surface area contributed by atoms with Crippen LogP contribution in [0.3, 0.4) is 0 Å². The first-order valence-electron chi connectivity index (χ1n) is 16.5. The number of unbranched alkanes of at least 4 members (excludes halogenated alkanes) is 1. The first-order valence-corrected chi connectivity index (χ1v) is 16.5. The number of carbonyl (C=O) groups excluding carboxylic acids is 4. The Balaban J connectivity index is 1.91. The normalized spacial score (nSPS) is 13.0. The van der Waals surface area contributed by atoms with Crippen molar-refractivity contribution in [3.8, 4) is 0 Å². The van der Waals surface area contributed by atoms with Crippen LogP contribution in [0.4, 0.5) is 16.2 Å². The van der Waals surface area contributed by atoms with E-state index in [9.17, 15) is 39.0 Å². The minimum absolute atomic E-state index is 0.0113. The van der Waals surface area contributed by atoms with Crippen molar-refractivity contribution in [1.29, 1.82) is 0 Å². The smallest absolute Gasteiger partial charge is 0.326 e. The lowest BCUT2D eigenvalue weighted by Crippen LogP contribution is -2.52. The molecule has 3 unspecified atom stereocenters. The van der Waals surface area contributed by atoms with E-state index in [4.69, 9.17) is 0 Å². The molecule has 2 aromatic rings. The summed E-state index contributed by atoms with van der Waals surface area (Å²) in [7, 11) is 0. The number of aliphatic carboxylic acids is 2. The number of rotatable bonds is 18. The maximum atomic E-state index is 13.2. The van der Waals surface area contributed by atoms with Crippen LogP contribution >= 0.6 is 0 Å². The van der Waals surface area contributed by atoms with Crippen molar-refractivity contribution in [2.45, 2.75) is 105 Å². The van der Waals surface area contributed by atoms with Crippen molar-refractivity contribution in [3.63, 3.8) is 0 Å². The van der Waals surface area contributed by atoms with Gasteiger partial charge in [-0.25, -0.2) is 14.4 Å². The molecule has 268 valence electrons. The molecule has 2 rings (SSSR count). The van der Waals surface area contributed by atoms with Crippen LogP contribution in [0.1, 0.15) is 84.3 Å². The zero-order valence-corrected chi connectivity index (χ0v) is 29.2. The fourth-order valence-electron chi connectivity index (χ4n) is 4.98. The number of urea groups is 1. The number of amides is 5. The van der Waals surface area contributed by atoms with E-state index in [0.29, 0.717) is 23.4 Å². The number of benzene rings is 2. The lowest BCUT2D eigenvalue weighted by molar-refractivity contribution is -0.143. The van der Waals surface area contributed by atoms with Crippen LogP contribution in [0, 0.1) is 18.3 Å². The molecule has 0 fully saturated rings. The molecule has 0 saturated carbocycles. The van der Waals surface area contributed by atoms with E-state index in [2.05, 4.69) is 26.6 Å². The summed E-state index contributed by atoms with van der Waals surface area (Å²) >= 11 is 0. The molecule has 0 bridgehead atoms. The molecule has 0 saturated heterocycles. The highest BCUT2D eigenvalue weighted by molar-refractivity contribution is 5.99. The van der Waals surface area contributed by atoms with E-state index in [1.165, 1.54) is 0 Å². The highest BCUT2D eigenvalue weighted by Gasteiger charge is 2.28. The topological polar surface area (TPSA) is 203 Å². The van der Waals surface area contributed by atoms with Crippen LogP contribution in [-0.4, -0.2) is 64.0 Å². The van der Waals surface area contributed by atoms with Gasteiger partial charge in [-0.3, -0.25) is 14.4 Å². The fourth-order valence-corrected chi connectivity index (χ4v) is 4.98. The molecule has 0 spiro atoms. The van der Waals surface area contributed by atoms with Crippen molar-refractivity contribution in [2.75, 3.05) is 10.6 Å². The number of hydrogen-bond donors (Lipinski definition) is 7. The fraction of sp³-hybridized carbons (Fsp3) is 0.500. The van der Waals surface area contributed by atoms with Gasteiger partial charge in [-0.15, -0.1) is 0 Å². The molecule has 7 N–H and O–H groups in total. The molecule has 49 heavy (non-hydrogen) atoms. The second-order valence-corrected chi connectivity index (χ2v) is 13.9. The molecule has 13 nitrogen and oxygen atoms in total. The molecular weight excluding hydrogens is 630 g/mol. The van der Waals surface area contributed by atoms with Gasteiger partial charge in [0.1, 0.15) is 18.1 Å². The number of aryl methyl sites for hydroxylation is 1. The quantitative estimate of drug-likeness (QED) is 0.108. The highest BCUT2D eigenvalue weighted by atomic mass is 16.4. The van der Waals surface area contributed by atoms with Gasteiger partial charge in [0.05, 0.1) is 6.42 Å². The monoisotopic (exact) mass is 681 g/mol. The van der Waals surface area contributed by atoms with Gasteiger partial charge in [-0.2, -0.15) is 0 Å². The maximum Gasteiger partial charge on any atom is 0.326 e. The van der Waals surface area contributed by atoms with Crippen molar-refractivity contribution in [3.05, 3.63) is 59.7 Å². The third-order valence-electron chi connectivity index (χ3n) is 7.42. The summed E-state index contributed by atoms with van der Waals surface area (Å²) in [4.78, 5) is 74.3. The number of carboxylic acid groups (broad SMARTS) is 2. The molecule has 0 aliphatic rings. The van der Waals surface area contributed by atoms with E-state index in [0.717, 1.165) is 5.56 Å². The number of carbonyl (C=O) groups is 6. The zero-order valence-electron chi connectivity index (χ0n) is 29.2. The summed E-state index contributed by atoms with van der Waals surface area (Å²) in [5.41, 5.74) is 2.58. The minimum Gasteiger partial charge on any atom is -0.480 e. The maximum absolute atomic E-state index is 13.2. The minimum atomic E-state index is -1.25. The Morgan fingerprint density at radius 2 is 1.14 bits per heavy atom. The SMILES string of the molecule is Cc1ccc(NC(=O)Nc2ccc(CC(=O)NC(CC(C)C)C(=O)NC(CCCCC(NC(=O)CC(C)(C)C)C(=O)O)C(=O)O)cc2)cc1. The summed E-state index contributed by atoms with van der Waals surface area (Å²) in [6.07, 6.45) is 1.14. The summed E-state index contributed by atoms with van der Waals surface area (Å²) in [6.45, 7) is 11.3. The van der Waals surface area contributed by atoms with E-state index in [-0.39, 0.29) is 55.8 Å². The first-order chi connectivity index (χ1) is 22.9. The van der Waals surface area contributed by atoms with Gasteiger partial charge in [0.25, 0.3) is 0 Å². The van der Waals surface area contributed by atoms with Gasteiger partial charge in [-0.1, -0.05) is 77.3 Å². The van der Waals surface area contributed by atoms with Crippen molar-refractivity contribution >= 4 is 47.1 Å². The molecule has 0 aromatic heterocycles. The Kier molecular flexibility index (Phi) is 15.7. The van der Waals surface area contributed by atoms with E-state index < -0.39 is 47.9 Å². The molecule has 2 aromatic carbocycles. The van der Waals surface area contributed by atoms with E-state index >= 15 is 0 Å². The van der Waals surface area contributed by atoms with Crippen LogP contribution < -0.4 is 26.6 Å². The third-order valence-corrected chi connectivity index (χ3v) is 7.42. The van der Waals surface area contributed by atoms with Crippen molar-refractivity contribution < 1.29 is 39.0 Å². The van der Waals surface area contributed by atoms with Gasteiger partial charge in [-0.05, 0) is 67.3 Å². The van der Waals surface area contributed by atoms with E-state index in [1.807, 2.05) is 53.7 Å². The lowest BCUT2D eigenvalue weighted by atomic mass is 9.91. The molecule has 0 heterocycles. The predicted octanol–water partition coefficient (Wildman–Crippen LogP) is 4.85. The number of carboxylic acids is 2. The molecule has 13 heteroatoms. The molecule has 3 atom stereocenters. The highest BCUT2D eigenvalue weighted by Crippen LogP contribution is 2.19. The predicted molar refractivity (Wildman–Crippen MR) is 187 cm³/mol. The van der Waals surface area contributed by atoms with Crippen LogP contribution in [0.5, 0.6) is 0 Å². The average molecular weight is 682 g/mol. The lowest BCUT2D eigenvalue weighted by Gasteiger charge is -2.23. The Hall–Kier alpha value is -4.94. The second-order valence-electron chi connectivity index (χ2n) is 13.9. The molecule has 0 aliphatic heterocycles. The van der Waals surface area contributed by atoms with Gasteiger partial charge in [0, 0.05) is 17.8 Å². The van der Waals surface area contributed by atoms with E-state index in [1.54, 1.807) is 36.4 Å². The summed E-state index contributed by atoms with van der Waals surface area (Å²) < 4.78 is 0. The molecular formula is C36H51N5O8. The summed E-state index contributed by atoms with van der Waals surface area (Å²) in [5, 5.41) is 32.5. The molecule has 0 radical (unpaired) electrons. The van der Waals surface area contributed by atoms with Crippen LogP contribution in [0.25, 0.3) is 0 Å². The van der Waals surface area contributed by atoms with Crippen LogP contribution in [0.15, 0.2) is 48.5 Å². The Morgan fingerprint density at radius 1 is 0.673 bits per heavy atom. The Labute approximate surface area is 288 Å². The third kappa shape index (κ3) is 16.1. The molecule has 0 aliphatic carbocycles. The van der Waals surface area contributed by atoms with Crippen molar-refractivity contribution in [1.82, 2.24) is 16.0 Å². The summed E-state index contributed by atoms with van der Waals surface area (Å²) in [5.74, 6) is -3.85. The van der Waals surface area contributed by atoms with Gasteiger partial charge >= 0.3 is 18.0 Å². The Morgan fingerprint density at radius 3 is 1.61 bits per heavy atom. The molecule has 5 amide bonds. The standard InChI is InChI=1S/C36H51N5O8/c1-22(2)19-29(32(44)41-28(34(47)48)10-8-7-9-27(33(45)46)39-31(43)21-36(4,5)6)40-30(42)20-24-13-17-26(18-14-24)38-35(49)37-25-15-11-23(3)12-16-25/h11-18,22,27-29H,7-10,19-21H2,1-6H3,(H,39,43)(H,40,42)(H,41,44)(H,45,46)(H,47,48)(H2,37,38,49). The second kappa shape index (κ2) is 19.2. The Bertz CT molecular complexity index is 1430. The van der Waals surface area contributed by atoms with Gasteiger partial charge in [0.15, 0.2) is 0 Å². The van der Waals surface area contributed by atoms with Crippen molar-refractivity contribution in [2.24, 2.45) is 11.3 Å². The largest absolute Gasteiger partial charge is 0.480 e. The van der Waals surface area contributed by atoms with Gasteiger partial charge < -0.3 is 36.8 Å². The first kappa shape index (κ1) is 40.2. The average Bonchev–Trinajstić information content (AvgIpc) is 2.98. The zero-order chi connectivity index (χ0) is 36.7. The number of hydrogen-bond acceptors (Lipinski definition) is 6. The number of anilines is 2. The van der Waals surface area contributed by atoms with Crippen LogP contribution in [-0.2, 0) is 30.4 Å². The van der Waals surface area contributed by atoms with Gasteiger partial charge in [0.2, 0.25) is 17.7 Å².